The number of benzene rings is 1. The second-order valence-corrected chi connectivity index (χ2v) is 4.13. The molecular formula is C15H18N2. The highest BCUT2D eigenvalue weighted by atomic mass is 14.9. The number of nitriles is 1. The highest BCUT2D eigenvalue weighted by Crippen LogP contribution is 2.15. The van der Waals surface area contributed by atoms with Crippen LogP contribution in [0, 0.1) is 23.7 Å². The molecule has 0 heterocycles. The maximum Gasteiger partial charge on any atom is 0.0991 e. The van der Waals surface area contributed by atoms with Gasteiger partial charge in [0.1, 0.15) is 0 Å². The molecule has 0 spiro atoms. The van der Waals surface area contributed by atoms with Crippen molar-refractivity contribution in [3.8, 4) is 18.4 Å². The van der Waals surface area contributed by atoms with Gasteiger partial charge in [-0.15, -0.1) is 6.42 Å². The Labute approximate surface area is 104 Å². The van der Waals surface area contributed by atoms with Crippen LogP contribution in [0.4, 0.5) is 0 Å². The van der Waals surface area contributed by atoms with Crippen molar-refractivity contribution in [1.29, 1.82) is 5.26 Å². The van der Waals surface area contributed by atoms with Gasteiger partial charge in [0.15, 0.2) is 0 Å². The fourth-order valence-electron chi connectivity index (χ4n) is 1.78. The number of hydrogen-bond donors (Lipinski definition) is 1. The SMILES string of the molecule is C#CC(CCC)NC(C)c1cccc(C#N)c1. The zero-order valence-electron chi connectivity index (χ0n) is 10.4. The van der Waals surface area contributed by atoms with E-state index in [2.05, 4.69) is 31.2 Å². The third-order valence-corrected chi connectivity index (χ3v) is 2.75. The summed E-state index contributed by atoms with van der Waals surface area (Å²) in [6.45, 7) is 4.18. The first-order valence-corrected chi connectivity index (χ1v) is 5.93. The van der Waals surface area contributed by atoms with Crippen LogP contribution in [-0.4, -0.2) is 6.04 Å². The third-order valence-electron chi connectivity index (χ3n) is 2.75. The van der Waals surface area contributed by atoms with E-state index in [1.165, 1.54) is 0 Å². The Kier molecular flexibility index (Phi) is 5.27. The van der Waals surface area contributed by atoms with Crippen LogP contribution < -0.4 is 5.32 Å². The van der Waals surface area contributed by atoms with Gasteiger partial charge in [0.05, 0.1) is 17.7 Å². The van der Waals surface area contributed by atoms with Crippen LogP contribution in [0.15, 0.2) is 24.3 Å². The first-order chi connectivity index (χ1) is 8.21. The van der Waals surface area contributed by atoms with Gasteiger partial charge < -0.3 is 0 Å². The topological polar surface area (TPSA) is 35.8 Å². The van der Waals surface area contributed by atoms with Crippen LogP contribution in [0.3, 0.4) is 0 Å². The lowest BCUT2D eigenvalue weighted by Gasteiger charge is -2.19. The highest BCUT2D eigenvalue weighted by molar-refractivity contribution is 5.34. The third kappa shape index (κ3) is 3.94. The molecule has 0 aliphatic carbocycles. The molecule has 0 aromatic heterocycles. The maximum atomic E-state index is 8.85. The van der Waals surface area contributed by atoms with Gasteiger partial charge >= 0.3 is 0 Å². The maximum absolute atomic E-state index is 8.85. The smallest absolute Gasteiger partial charge is 0.0991 e. The van der Waals surface area contributed by atoms with E-state index in [1.54, 1.807) is 6.07 Å². The molecule has 17 heavy (non-hydrogen) atoms. The van der Waals surface area contributed by atoms with Crippen LogP contribution in [0.2, 0.25) is 0 Å². The fraction of sp³-hybridized carbons (Fsp3) is 0.400. The Balaban J connectivity index is 2.72. The minimum Gasteiger partial charge on any atom is -0.297 e. The molecule has 0 aliphatic rings. The Morgan fingerprint density at radius 2 is 2.24 bits per heavy atom. The van der Waals surface area contributed by atoms with Crippen LogP contribution in [0.1, 0.15) is 43.9 Å². The molecule has 0 bridgehead atoms. The minimum atomic E-state index is 0.0979. The second-order valence-electron chi connectivity index (χ2n) is 4.13. The average Bonchev–Trinajstić information content (AvgIpc) is 2.38. The van der Waals surface area contributed by atoms with Crippen LogP contribution in [0.25, 0.3) is 0 Å². The van der Waals surface area contributed by atoms with Crippen LogP contribution in [0.5, 0.6) is 0 Å². The zero-order valence-corrected chi connectivity index (χ0v) is 10.4. The first-order valence-electron chi connectivity index (χ1n) is 5.93. The quantitative estimate of drug-likeness (QED) is 0.783. The Hall–Kier alpha value is -1.77. The molecule has 2 nitrogen and oxygen atoms in total. The van der Waals surface area contributed by atoms with Gasteiger partial charge in [0, 0.05) is 6.04 Å². The molecule has 0 saturated heterocycles. The van der Waals surface area contributed by atoms with Gasteiger partial charge in [-0.25, -0.2) is 0 Å². The lowest BCUT2D eigenvalue weighted by molar-refractivity contribution is 0.495. The molecular weight excluding hydrogens is 208 g/mol. The Morgan fingerprint density at radius 3 is 2.82 bits per heavy atom. The van der Waals surface area contributed by atoms with Crippen LogP contribution >= 0.6 is 0 Å². The predicted octanol–water partition coefficient (Wildman–Crippen LogP) is 3.01. The van der Waals surface area contributed by atoms with E-state index in [9.17, 15) is 0 Å². The van der Waals surface area contributed by atoms with Crippen molar-refractivity contribution in [1.82, 2.24) is 5.32 Å². The molecule has 1 aromatic carbocycles. The Morgan fingerprint density at radius 1 is 1.47 bits per heavy atom. The van der Waals surface area contributed by atoms with E-state index < -0.39 is 0 Å². The molecule has 0 radical (unpaired) electrons. The van der Waals surface area contributed by atoms with Crippen molar-refractivity contribution in [2.24, 2.45) is 0 Å². The summed E-state index contributed by atoms with van der Waals surface area (Å²) in [5.41, 5.74) is 1.78. The van der Waals surface area contributed by atoms with Crippen molar-refractivity contribution in [2.45, 2.75) is 38.8 Å². The van der Waals surface area contributed by atoms with Crippen molar-refractivity contribution in [2.75, 3.05) is 0 Å². The summed E-state index contributed by atoms with van der Waals surface area (Å²) < 4.78 is 0. The van der Waals surface area contributed by atoms with E-state index in [4.69, 9.17) is 11.7 Å². The average molecular weight is 226 g/mol. The number of rotatable bonds is 5. The molecule has 0 aliphatic heterocycles. The normalized spacial score (nSPS) is 13.4. The van der Waals surface area contributed by atoms with Crippen molar-refractivity contribution in [3.63, 3.8) is 0 Å². The second kappa shape index (κ2) is 6.74. The summed E-state index contributed by atoms with van der Waals surface area (Å²) in [6, 6.07) is 10.0. The van der Waals surface area contributed by atoms with Gasteiger partial charge in [0.25, 0.3) is 0 Å². The number of nitrogens with zero attached hydrogens (tertiary/aromatic N) is 1. The largest absolute Gasteiger partial charge is 0.297 e. The van der Waals surface area contributed by atoms with Gasteiger partial charge in [-0.05, 0) is 31.0 Å². The molecule has 1 aromatic rings. The van der Waals surface area contributed by atoms with E-state index in [1.807, 2.05) is 18.2 Å². The summed E-state index contributed by atoms with van der Waals surface area (Å²) >= 11 is 0. The lowest BCUT2D eigenvalue weighted by Crippen LogP contribution is -2.30. The van der Waals surface area contributed by atoms with E-state index in [-0.39, 0.29) is 12.1 Å². The molecule has 2 unspecified atom stereocenters. The first kappa shape index (κ1) is 13.3. The zero-order chi connectivity index (χ0) is 12.7. The number of nitrogens with one attached hydrogen (secondary N) is 1. The van der Waals surface area contributed by atoms with Gasteiger partial charge in [-0.2, -0.15) is 5.26 Å². The molecule has 0 saturated carbocycles. The predicted molar refractivity (Wildman–Crippen MR) is 70.2 cm³/mol. The van der Waals surface area contributed by atoms with Crippen molar-refractivity contribution < 1.29 is 0 Å². The lowest BCUT2D eigenvalue weighted by atomic mass is 10.0. The summed E-state index contributed by atoms with van der Waals surface area (Å²) in [5.74, 6) is 2.76. The minimum absolute atomic E-state index is 0.0979. The molecule has 88 valence electrons. The van der Waals surface area contributed by atoms with Crippen LogP contribution in [-0.2, 0) is 0 Å². The Bertz CT molecular complexity index is 437. The van der Waals surface area contributed by atoms with E-state index in [0.717, 1.165) is 18.4 Å². The number of terminal acetylenes is 1. The summed E-state index contributed by atoms with van der Waals surface area (Å²) in [5, 5.41) is 12.2. The molecule has 0 amide bonds. The van der Waals surface area contributed by atoms with Gasteiger partial charge in [-0.1, -0.05) is 31.4 Å². The van der Waals surface area contributed by atoms with Crippen molar-refractivity contribution >= 4 is 0 Å². The summed E-state index contributed by atoms with van der Waals surface area (Å²) in [4.78, 5) is 0. The van der Waals surface area contributed by atoms with E-state index >= 15 is 0 Å². The molecule has 0 fully saturated rings. The molecule has 1 rings (SSSR count). The van der Waals surface area contributed by atoms with Gasteiger partial charge in [0.2, 0.25) is 0 Å². The fourth-order valence-corrected chi connectivity index (χ4v) is 1.78. The number of hydrogen-bond acceptors (Lipinski definition) is 2. The highest BCUT2D eigenvalue weighted by Gasteiger charge is 2.10. The summed E-state index contributed by atoms with van der Waals surface area (Å²) in [6.07, 6.45) is 7.51. The standard InChI is InChI=1S/C15H18N2/c1-4-7-15(5-2)17-12(3)14-9-6-8-13(10-14)11-16/h2,6,8-10,12,15,17H,4,7H2,1,3H3. The summed E-state index contributed by atoms with van der Waals surface area (Å²) in [7, 11) is 0. The molecule has 2 atom stereocenters. The van der Waals surface area contributed by atoms with E-state index in [0.29, 0.717) is 5.56 Å². The monoisotopic (exact) mass is 226 g/mol. The van der Waals surface area contributed by atoms with Gasteiger partial charge in [-0.3, -0.25) is 5.32 Å². The molecule has 1 N–H and O–H groups in total. The molecule has 2 heteroatoms. The van der Waals surface area contributed by atoms with Crippen molar-refractivity contribution in [3.05, 3.63) is 35.4 Å².